The van der Waals surface area contributed by atoms with E-state index in [0.717, 1.165) is 83.2 Å². The van der Waals surface area contributed by atoms with Crippen LogP contribution in [0.2, 0.25) is 0 Å². The molecule has 10 nitrogen and oxygen atoms in total. The minimum absolute atomic E-state index is 0.0818. The SMILES string of the molecule is CN=C(N)C(=O)N1C2CCC1CC(c1nc3c(-c4cnc5ccc(OC)cc5c4)cnn3c(N)c1C1CC1)C2. The number of hydrogen-bond acceptors (Lipinski definition) is 7. The highest BCUT2D eigenvalue weighted by atomic mass is 16.5. The van der Waals surface area contributed by atoms with Gasteiger partial charge in [-0.1, -0.05) is 0 Å². The van der Waals surface area contributed by atoms with Crippen molar-refractivity contribution in [2.24, 2.45) is 10.7 Å². The van der Waals surface area contributed by atoms with Crippen LogP contribution in [0.15, 0.2) is 41.7 Å². The van der Waals surface area contributed by atoms with Gasteiger partial charge in [0, 0.05) is 53.3 Å². The average Bonchev–Trinajstić information content (AvgIpc) is 3.65. The molecule has 1 saturated carbocycles. The van der Waals surface area contributed by atoms with Gasteiger partial charge in [0.05, 0.1) is 24.5 Å². The second-order valence-electron chi connectivity index (χ2n) is 11.0. The van der Waals surface area contributed by atoms with E-state index in [1.54, 1.807) is 18.7 Å². The molecule has 2 unspecified atom stereocenters. The summed E-state index contributed by atoms with van der Waals surface area (Å²) in [4.78, 5) is 28.8. The van der Waals surface area contributed by atoms with E-state index < -0.39 is 0 Å². The Morgan fingerprint density at radius 2 is 1.85 bits per heavy atom. The van der Waals surface area contributed by atoms with Crippen molar-refractivity contribution >= 4 is 34.1 Å². The van der Waals surface area contributed by atoms with Crippen LogP contribution in [0.4, 0.5) is 5.82 Å². The number of nitrogens with zero attached hydrogens (tertiary/aromatic N) is 6. The van der Waals surface area contributed by atoms with E-state index in [2.05, 4.69) is 21.1 Å². The van der Waals surface area contributed by atoms with Gasteiger partial charge >= 0.3 is 0 Å². The molecule has 2 aliphatic heterocycles. The van der Waals surface area contributed by atoms with Gasteiger partial charge in [0.2, 0.25) is 0 Å². The molecule has 3 aromatic heterocycles. The first-order valence-electron chi connectivity index (χ1n) is 13.6. The Morgan fingerprint density at radius 1 is 1.08 bits per heavy atom. The molecule has 5 heterocycles. The number of piperidine rings is 1. The number of ether oxygens (including phenoxy) is 1. The molecule has 3 aliphatic rings. The number of pyridine rings is 1. The van der Waals surface area contributed by atoms with Crippen LogP contribution >= 0.6 is 0 Å². The Hall–Kier alpha value is -4.21. The van der Waals surface area contributed by atoms with E-state index in [1.807, 2.05) is 35.5 Å². The number of fused-ring (bicyclic) bond motifs is 4. The molecule has 1 aliphatic carbocycles. The van der Waals surface area contributed by atoms with Gasteiger partial charge in [0.1, 0.15) is 11.6 Å². The third-order valence-electron chi connectivity index (χ3n) is 8.75. The number of nitrogens with two attached hydrogens (primary N) is 2. The van der Waals surface area contributed by atoms with E-state index in [1.165, 1.54) is 0 Å². The monoisotopic (exact) mass is 524 g/mol. The number of amides is 1. The standard InChI is InChI=1S/C29H32N8O2/c1-32-26(30)29(38)36-19-5-6-20(36)11-17(10-19)25-24(15-3-4-15)27(31)37-28(35-25)22(14-34-37)18-9-16-12-21(39-2)7-8-23(16)33-13-18/h7-9,12-15,17,19-20H,3-6,10-11,31H2,1-2H3,(H2,30,32). The predicted octanol–water partition coefficient (Wildman–Crippen LogP) is 3.64. The Kier molecular flexibility index (Phi) is 5.47. The van der Waals surface area contributed by atoms with Crippen molar-refractivity contribution in [2.45, 2.75) is 62.4 Å². The van der Waals surface area contributed by atoms with Gasteiger partial charge in [-0.15, -0.1) is 0 Å². The van der Waals surface area contributed by atoms with Gasteiger partial charge in [-0.2, -0.15) is 9.61 Å². The molecule has 1 aromatic carbocycles. The molecule has 7 rings (SSSR count). The summed E-state index contributed by atoms with van der Waals surface area (Å²) in [6, 6.07) is 8.21. The zero-order valence-corrected chi connectivity index (χ0v) is 22.2. The van der Waals surface area contributed by atoms with Crippen molar-refractivity contribution in [1.29, 1.82) is 0 Å². The lowest BCUT2D eigenvalue weighted by Gasteiger charge is -2.39. The molecule has 1 amide bonds. The van der Waals surface area contributed by atoms with Gasteiger partial charge in [-0.25, -0.2) is 4.98 Å². The highest BCUT2D eigenvalue weighted by Crippen LogP contribution is 2.50. The summed E-state index contributed by atoms with van der Waals surface area (Å²) in [7, 11) is 3.23. The lowest BCUT2D eigenvalue weighted by Crippen LogP contribution is -2.50. The van der Waals surface area contributed by atoms with E-state index in [0.29, 0.717) is 11.7 Å². The average molecular weight is 525 g/mol. The third-order valence-corrected chi connectivity index (χ3v) is 8.75. The fraction of sp³-hybridized carbons (Fsp3) is 0.414. The van der Waals surface area contributed by atoms with Gasteiger partial charge < -0.3 is 21.1 Å². The van der Waals surface area contributed by atoms with Crippen molar-refractivity contribution in [3.8, 4) is 16.9 Å². The molecule has 3 fully saturated rings. The number of amidine groups is 1. The minimum Gasteiger partial charge on any atom is -0.497 e. The van der Waals surface area contributed by atoms with Crippen molar-refractivity contribution in [3.05, 3.63) is 47.9 Å². The molecular formula is C29H32N8O2. The highest BCUT2D eigenvalue weighted by Gasteiger charge is 2.46. The highest BCUT2D eigenvalue weighted by molar-refractivity contribution is 6.37. The van der Waals surface area contributed by atoms with Gasteiger partial charge in [0.25, 0.3) is 5.91 Å². The summed E-state index contributed by atoms with van der Waals surface area (Å²) in [5.41, 5.74) is 18.4. The molecule has 10 heteroatoms. The van der Waals surface area contributed by atoms with Gasteiger partial charge in [-0.3, -0.25) is 14.8 Å². The quantitative estimate of drug-likeness (QED) is 0.307. The molecule has 39 heavy (non-hydrogen) atoms. The maximum atomic E-state index is 13.0. The normalized spacial score (nSPS) is 23.1. The van der Waals surface area contributed by atoms with E-state index in [4.69, 9.17) is 21.2 Å². The van der Waals surface area contributed by atoms with Crippen LogP contribution in [0.1, 0.15) is 61.6 Å². The second-order valence-corrected chi connectivity index (χ2v) is 11.0. The molecule has 2 bridgehead atoms. The maximum Gasteiger partial charge on any atom is 0.289 e. The fourth-order valence-corrected chi connectivity index (χ4v) is 6.69. The van der Waals surface area contributed by atoms with Gasteiger partial charge in [0.15, 0.2) is 11.5 Å². The number of nitrogen functional groups attached to an aromatic ring is 1. The van der Waals surface area contributed by atoms with E-state index in [-0.39, 0.29) is 29.7 Å². The lowest BCUT2D eigenvalue weighted by atomic mass is 9.85. The van der Waals surface area contributed by atoms with E-state index >= 15 is 0 Å². The molecule has 200 valence electrons. The maximum absolute atomic E-state index is 13.0. The fourth-order valence-electron chi connectivity index (χ4n) is 6.69. The molecule has 4 aromatic rings. The Balaban J connectivity index is 1.31. The first-order valence-corrected chi connectivity index (χ1v) is 13.6. The summed E-state index contributed by atoms with van der Waals surface area (Å²) in [5, 5.41) is 5.65. The number of aromatic nitrogens is 4. The predicted molar refractivity (Wildman–Crippen MR) is 150 cm³/mol. The number of methoxy groups -OCH3 is 1. The molecule has 0 radical (unpaired) electrons. The van der Waals surface area contributed by atoms with Crippen molar-refractivity contribution in [2.75, 3.05) is 19.9 Å². The molecule has 0 spiro atoms. The topological polar surface area (TPSA) is 137 Å². The number of carbonyl (C=O) groups excluding carboxylic acids is 1. The number of rotatable bonds is 4. The summed E-state index contributed by atoms with van der Waals surface area (Å²) >= 11 is 0. The molecule has 2 saturated heterocycles. The zero-order chi connectivity index (χ0) is 26.8. The number of aliphatic imine (C=N–C) groups is 1. The lowest BCUT2D eigenvalue weighted by molar-refractivity contribution is -0.128. The van der Waals surface area contributed by atoms with Crippen molar-refractivity contribution in [1.82, 2.24) is 24.5 Å². The summed E-state index contributed by atoms with van der Waals surface area (Å²) in [6.07, 6.45) is 9.58. The van der Waals surface area contributed by atoms with Crippen molar-refractivity contribution < 1.29 is 9.53 Å². The number of carbonyl (C=O) groups is 1. The Morgan fingerprint density at radius 3 is 2.54 bits per heavy atom. The van der Waals surface area contributed by atoms with Crippen LogP contribution in [0.25, 0.3) is 27.7 Å². The summed E-state index contributed by atoms with van der Waals surface area (Å²) in [6.45, 7) is 0. The van der Waals surface area contributed by atoms with Crippen molar-refractivity contribution in [3.63, 3.8) is 0 Å². The van der Waals surface area contributed by atoms with Crippen LogP contribution in [-0.4, -0.2) is 62.5 Å². The first-order chi connectivity index (χ1) is 19.0. The van der Waals surface area contributed by atoms with Gasteiger partial charge in [-0.05, 0) is 68.7 Å². The van der Waals surface area contributed by atoms with Crippen LogP contribution in [0.3, 0.4) is 0 Å². The Labute approximate surface area is 226 Å². The number of anilines is 1. The van der Waals surface area contributed by atoms with Crippen LogP contribution in [-0.2, 0) is 4.79 Å². The zero-order valence-electron chi connectivity index (χ0n) is 22.2. The van der Waals surface area contributed by atoms with E-state index in [9.17, 15) is 4.79 Å². The first kappa shape index (κ1) is 23.9. The minimum atomic E-state index is -0.146. The van der Waals surface area contributed by atoms with Crippen LogP contribution in [0.5, 0.6) is 5.75 Å². The number of hydrogen-bond donors (Lipinski definition) is 2. The summed E-state index contributed by atoms with van der Waals surface area (Å²) in [5.74, 6) is 2.03. The molecular weight excluding hydrogens is 492 g/mol. The van der Waals surface area contributed by atoms with Crippen LogP contribution < -0.4 is 16.2 Å². The number of benzene rings is 1. The largest absolute Gasteiger partial charge is 0.497 e. The third kappa shape index (κ3) is 3.80. The van der Waals surface area contributed by atoms with Crippen LogP contribution in [0, 0.1) is 0 Å². The summed E-state index contributed by atoms with van der Waals surface area (Å²) < 4.78 is 7.20. The smallest absolute Gasteiger partial charge is 0.289 e. The molecule has 2 atom stereocenters. The second kappa shape index (κ2) is 8.93. The Bertz CT molecular complexity index is 1640. The molecule has 4 N–H and O–H groups in total.